The SMILES string of the molecule is CC1=C(C(=O)[O-])N2C(=O)[C@@H](NC(=O)[C@H](N)c3ccc(O)cc3)[C@H]2SC1.[Na+]. The standard InChI is InChI=1S/C16H17N3O5S.Na/c1-7-6-25-15-11(14(22)19(15)12(7)16(23)24)18-13(21)10(17)8-2-4-9(20)5-3-8;/h2-5,10-11,15,20H,6,17H2,1H3,(H,18,21)(H,23,24);/q;+1/p-1/t10-,11-,15-;/m1./s1. The van der Waals surface area contributed by atoms with Gasteiger partial charge in [-0.15, -0.1) is 11.8 Å². The van der Waals surface area contributed by atoms with Crippen LogP contribution in [0, 0.1) is 0 Å². The number of aromatic hydroxyl groups is 1. The number of β-lactam (4-membered cyclic amide) rings is 1. The van der Waals surface area contributed by atoms with Gasteiger partial charge < -0.3 is 26.1 Å². The van der Waals surface area contributed by atoms with E-state index in [9.17, 15) is 24.6 Å². The second kappa shape index (κ2) is 8.01. The summed E-state index contributed by atoms with van der Waals surface area (Å²) in [4.78, 5) is 37.0. The number of fused-ring (bicyclic) bond motifs is 1. The summed E-state index contributed by atoms with van der Waals surface area (Å²) in [7, 11) is 0. The van der Waals surface area contributed by atoms with Gasteiger partial charge in [0.25, 0.3) is 5.91 Å². The summed E-state index contributed by atoms with van der Waals surface area (Å²) < 4.78 is 0. The third kappa shape index (κ3) is 3.63. The number of phenols is 1. The Labute approximate surface area is 176 Å². The maximum Gasteiger partial charge on any atom is 1.00 e. The number of nitrogens with two attached hydrogens (primary N) is 1. The van der Waals surface area contributed by atoms with Gasteiger partial charge in [-0.05, 0) is 30.2 Å². The fourth-order valence-corrected chi connectivity index (χ4v) is 4.13. The Bertz CT molecular complexity index is 783. The largest absolute Gasteiger partial charge is 1.00 e. The van der Waals surface area contributed by atoms with Gasteiger partial charge in [0.15, 0.2) is 0 Å². The van der Waals surface area contributed by atoms with Crippen LogP contribution in [0.15, 0.2) is 35.5 Å². The molecular weight excluding hydrogens is 369 g/mol. The van der Waals surface area contributed by atoms with Crippen LogP contribution in [-0.2, 0) is 14.4 Å². The molecule has 0 unspecified atom stereocenters. The smallest absolute Gasteiger partial charge is 0.543 e. The fraction of sp³-hybridized carbons (Fsp3) is 0.312. The van der Waals surface area contributed by atoms with Gasteiger partial charge in [-0.3, -0.25) is 14.5 Å². The Hall–Kier alpha value is -1.52. The number of rotatable bonds is 4. The molecular formula is C16H16N3NaO5S. The minimum absolute atomic E-state index is 0. The van der Waals surface area contributed by atoms with Gasteiger partial charge in [-0.1, -0.05) is 12.1 Å². The van der Waals surface area contributed by atoms with Crippen LogP contribution in [0.1, 0.15) is 18.5 Å². The third-order valence-electron chi connectivity index (χ3n) is 4.18. The van der Waals surface area contributed by atoms with Crippen molar-refractivity contribution in [2.24, 2.45) is 5.73 Å². The normalized spacial score (nSPS) is 22.7. The van der Waals surface area contributed by atoms with Crippen molar-refractivity contribution in [1.82, 2.24) is 10.2 Å². The molecule has 0 bridgehead atoms. The Balaban J connectivity index is 0.00000243. The summed E-state index contributed by atoms with van der Waals surface area (Å²) in [6.07, 6.45) is 0. The molecule has 10 heteroatoms. The number of carboxylic acid groups (broad SMARTS) is 1. The van der Waals surface area contributed by atoms with E-state index in [4.69, 9.17) is 5.73 Å². The average Bonchev–Trinajstić information content (AvgIpc) is 2.58. The predicted molar refractivity (Wildman–Crippen MR) is 87.8 cm³/mol. The molecule has 0 aromatic heterocycles. The van der Waals surface area contributed by atoms with Crippen molar-refractivity contribution in [1.29, 1.82) is 0 Å². The monoisotopic (exact) mass is 385 g/mol. The first-order valence-electron chi connectivity index (χ1n) is 7.52. The van der Waals surface area contributed by atoms with Gasteiger partial charge in [0.2, 0.25) is 5.91 Å². The molecule has 0 spiro atoms. The van der Waals surface area contributed by atoms with E-state index in [0.717, 1.165) is 4.90 Å². The molecule has 1 aromatic rings. The van der Waals surface area contributed by atoms with Crippen molar-refractivity contribution in [3.8, 4) is 5.75 Å². The topological polar surface area (TPSA) is 136 Å². The van der Waals surface area contributed by atoms with Crippen LogP contribution in [0.25, 0.3) is 0 Å². The van der Waals surface area contributed by atoms with Crippen molar-refractivity contribution < 1.29 is 54.2 Å². The first-order valence-corrected chi connectivity index (χ1v) is 8.56. The molecule has 0 aliphatic carbocycles. The number of nitrogens with one attached hydrogen (secondary N) is 1. The van der Waals surface area contributed by atoms with Crippen molar-refractivity contribution >= 4 is 29.5 Å². The van der Waals surface area contributed by atoms with E-state index in [0.29, 0.717) is 16.9 Å². The first-order chi connectivity index (χ1) is 11.8. The molecule has 4 N–H and O–H groups in total. The molecule has 1 saturated heterocycles. The van der Waals surface area contributed by atoms with Crippen molar-refractivity contribution in [2.45, 2.75) is 24.4 Å². The molecule has 132 valence electrons. The van der Waals surface area contributed by atoms with E-state index in [2.05, 4.69) is 5.32 Å². The zero-order valence-corrected chi connectivity index (χ0v) is 17.1. The zero-order chi connectivity index (χ0) is 18.3. The summed E-state index contributed by atoms with van der Waals surface area (Å²) in [6.45, 7) is 1.63. The maximum atomic E-state index is 12.3. The second-order valence-corrected chi connectivity index (χ2v) is 6.99. The van der Waals surface area contributed by atoms with Crippen molar-refractivity contribution in [3.05, 3.63) is 41.1 Å². The number of carbonyl (C=O) groups excluding carboxylic acids is 3. The number of nitrogens with zero attached hydrogens (tertiary/aromatic N) is 1. The van der Waals surface area contributed by atoms with E-state index in [1.165, 1.54) is 36.0 Å². The number of thioether (sulfide) groups is 1. The molecule has 0 saturated carbocycles. The van der Waals surface area contributed by atoms with Crippen LogP contribution in [0.4, 0.5) is 0 Å². The van der Waals surface area contributed by atoms with Crippen LogP contribution in [0.2, 0.25) is 0 Å². The van der Waals surface area contributed by atoms with Crippen molar-refractivity contribution in [2.75, 3.05) is 5.75 Å². The number of carboxylic acids is 1. The van der Waals surface area contributed by atoms with Crippen LogP contribution >= 0.6 is 11.8 Å². The summed E-state index contributed by atoms with van der Waals surface area (Å²) in [6, 6.07) is 4.02. The minimum atomic E-state index is -1.40. The molecule has 3 rings (SSSR count). The summed E-state index contributed by atoms with van der Waals surface area (Å²) in [5, 5.41) is 22.6. The summed E-state index contributed by atoms with van der Waals surface area (Å²) >= 11 is 1.37. The Kier molecular flexibility index (Phi) is 6.41. The molecule has 2 aliphatic heterocycles. The summed E-state index contributed by atoms with van der Waals surface area (Å²) in [5.41, 5.74) is 6.81. The number of benzene rings is 1. The van der Waals surface area contributed by atoms with Crippen molar-refractivity contribution in [3.63, 3.8) is 0 Å². The second-order valence-electron chi connectivity index (χ2n) is 5.88. The quantitative estimate of drug-likeness (QED) is 0.353. The molecule has 8 nitrogen and oxygen atoms in total. The van der Waals surface area contributed by atoms with Gasteiger partial charge in [-0.25, -0.2) is 0 Å². The van der Waals surface area contributed by atoms with E-state index >= 15 is 0 Å². The molecule has 1 fully saturated rings. The molecule has 2 amide bonds. The molecule has 3 atom stereocenters. The molecule has 2 heterocycles. The number of phenolic OH excluding ortho intramolecular Hbond substituents is 1. The minimum Gasteiger partial charge on any atom is -0.543 e. The van der Waals surface area contributed by atoms with E-state index in [-0.39, 0.29) is 41.0 Å². The first kappa shape index (κ1) is 20.8. The predicted octanol–water partition coefficient (Wildman–Crippen LogP) is -4.18. The van der Waals surface area contributed by atoms with Gasteiger partial charge in [0.05, 0.1) is 11.7 Å². The van der Waals surface area contributed by atoms with Crippen LogP contribution < -0.4 is 45.7 Å². The number of carbonyl (C=O) groups is 3. The van der Waals surface area contributed by atoms with Crippen LogP contribution in [0.5, 0.6) is 5.75 Å². The van der Waals surface area contributed by atoms with Crippen LogP contribution in [-0.4, -0.2) is 45.0 Å². The third-order valence-corrected chi connectivity index (χ3v) is 5.61. The van der Waals surface area contributed by atoms with Gasteiger partial charge in [0, 0.05) is 5.75 Å². The molecule has 1 aromatic carbocycles. The van der Waals surface area contributed by atoms with E-state index in [1.54, 1.807) is 6.92 Å². The Morgan fingerprint density at radius 3 is 2.58 bits per heavy atom. The Morgan fingerprint density at radius 2 is 2.00 bits per heavy atom. The average molecular weight is 385 g/mol. The number of hydrogen-bond donors (Lipinski definition) is 3. The molecule has 26 heavy (non-hydrogen) atoms. The number of amides is 2. The van der Waals surface area contributed by atoms with E-state index < -0.39 is 35.2 Å². The molecule has 0 radical (unpaired) electrons. The van der Waals surface area contributed by atoms with E-state index in [1.807, 2.05) is 0 Å². The van der Waals surface area contributed by atoms with Gasteiger partial charge in [0.1, 0.15) is 23.2 Å². The zero-order valence-electron chi connectivity index (χ0n) is 14.3. The maximum absolute atomic E-state index is 12.3. The van der Waals surface area contributed by atoms with Gasteiger partial charge in [-0.2, -0.15) is 0 Å². The van der Waals surface area contributed by atoms with Gasteiger partial charge >= 0.3 is 29.6 Å². The number of hydrogen-bond acceptors (Lipinski definition) is 7. The van der Waals surface area contributed by atoms with Crippen LogP contribution in [0.3, 0.4) is 0 Å². The Morgan fingerprint density at radius 1 is 1.38 bits per heavy atom. The summed E-state index contributed by atoms with van der Waals surface area (Å²) in [5.74, 6) is -1.96. The fourth-order valence-electron chi connectivity index (χ4n) is 2.84. The number of aliphatic carboxylic acids is 1. The molecule has 2 aliphatic rings.